The number of unbranched alkanes of at least 4 members (excludes halogenated alkanes) is 4. The van der Waals surface area contributed by atoms with Gasteiger partial charge in [0.05, 0.1) is 6.42 Å². The van der Waals surface area contributed by atoms with Crippen LogP contribution in [-0.2, 0) is 16.0 Å². The number of carbonyl (C=O) groups is 1. The maximum absolute atomic E-state index is 12.0. The molecule has 1 aromatic carbocycles. The van der Waals surface area contributed by atoms with E-state index in [4.69, 9.17) is 4.74 Å². The van der Waals surface area contributed by atoms with Crippen LogP contribution in [0.15, 0.2) is 30.3 Å². The molecule has 0 aliphatic heterocycles. The van der Waals surface area contributed by atoms with Crippen LogP contribution in [0.1, 0.15) is 70.8 Å². The van der Waals surface area contributed by atoms with Crippen molar-refractivity contribution in [3.05, 3.63) is 35.9 Å². The zero-order valence-corrected chi connectivity index (χ0v) is 13.6. The van der Waals surface area contributed by atoms with Gasteiger partial charge < -0.3 is 4.74 Å². The summed E-state index contributed by atoms with van der Waals surface area (Å²) in [5, 5.41) is 0. The lowest BCUT2D eigenvalue weighted by molar-refractivity contribution is -0.149. The molecule has 0 aromatic heterocycles. The van der Waals surface area contributed by atoms with E-state index >= 15 is 0 Å². The molecule has 0 saturated heterocycles. The summed E-state index contributed by atoms with van der Waals surface area (Å²) in [7, 11) is 0. The van der Waals surface area contributed by atoms with Gasteiger partial charge in [-0.1, -0.05) is 76.3 Å². The molecule has 0 spiro atoms. The lowest BCUT2D eigenvalue weighted by Crippen LogP contribution is -2.19. The van der Waals surface area contributed by atoms with Gasteiger partial charge >= 0.3 is 5.97 Å². The van der Waals surface area contributed by atoms with Crippen LogP contribution in [0.2, 0.25) is 0 Å². The summed E-state index contributed by atoms with van der Waals surface area (Å²) in [6, 6.07) is 9.83. The minimum atomic E-state index is -0.0896. The Labute approximate surface area is 129 Å². The van der Waals surface area contributed by atoms with Crippen LogP contribution in [0.4, 0.5) is 0 Å². The molecule has 0 radical (unpaired) electrons. The van der Waals surface area contributed by atoms with Crippen molar-refractivity contribution in [3.8, 4) is 0 Å². The van der Waals surface area contributed by atoms with Crippen molar-refractivity contribution in [3.63, 3.8) is 0 Å². The Balaban J connectivity index is 2.30. The van der Waals surface area contributed by atoms with Gasteiger partial charge in [-0.3, -0.25) is 4.79 Å². The van der Waals surface area contributed by atoms with Crippen LogP contribution in [0, 0.1) is 0 Å². The summed E-state index contributed by atoms with van der Waals surface area (Å²) in [6.45, 7) is 4.38. The SMILES string of the molecule is CCCCCCCC(CCC)OC(=O)Cc1ccccc1. The monoisotopic (exact) mass is 290 g/mol. The Morgan fingerprint density at radius 2 is 1.67 bits per heavy atom. The van der Waals surface area contributed by atoms with E-state index in [-0.39, 0.29) is 12.1 Å². The van der Waals surface area contributed by atoms with Crippen molar-refractivity contribution in [1.29, 1.82) is 0 Å². The van der Waals surface area contributed by atoms with Gasteiger partial charge in [-0.15, -0.1) is 0 Å². The van der Waals surface area contributed by atoms with Gasteiger partial charge in [0, 0.05) is 0 Å². The van der Waals surface area contributed by atoms with Gasteiger partial charge in [0.25, 0.3) is 0 Å². The molecule has 1 rings (SSSR count). The van der Waals surface area contributed by atoms with Crippen molar-refractivity contribution in [2.24, 2.45) is 0 Å². The smallest absolute Gasteiger partial charge is 0.310 e. The summed E-state index contributed by atoms with van der Waals surface area (Å²) < 4.78 is 5.66. The fraction of sp³-hybridized carbons (Fsp3) is 0.632. The molecule has 0 aliphatic carbocycles. The Kier molecular flexibility index (Phi) is 9.60. The topological polar surface area (TPSA) is 26.3 Å². The minimum Gasteiger partial charge on any atom is -0.462 e. The van der Waals surface area contributed by atoms with E-state index in [1.54, 1.807) is 0 Å². The van der Waals surface area contributed by atoms with Crippen LogP contribution in [-0.4, -0.2) is 12.1 Å². The van der Waals surface area contributed by atoms with Crippen LogP contribution < -0.4 is 0 Å². The maximum Gasteiger partial charge on any atom is 0.310 e. The Bertz CT molecular complexity index is 372. The number of rotatable bonds is 11. The summed E-state index contributed by atoms with van der Waals surface area (Å²) in [4.78, 5) is 12.0. The molecule has 2 heteroatoms. The number of carbonyl (C=O) groups excluding carboxylic acids is 1. The molecule has 118 valence electrons. The van der Waals surface area contributed by atoms with E-state index in [0.717, 1.165) is 24.8 Å². The third-order valence-corrected chi connectivity index (χ3v) is 3.73. The lowest BCUT2D eigenvalue weighted by Gasteiger charge is -2.17. The van der Waals surface area contributed by atoms with Gasteiger partial charge in [-0.25, -0.2) is 0 Å². The van der Waals surface area contributed by atoms with Crippen molar-refractivity contribution >= 4 is 5.97 Å². The first-order valence-electron chi connectivity index (χ1n) is 8.49. The van der Waals surface area contributed by atoms with Crippen LogP contribution in [0.3, 0.4) is 0 Å². The van der Waals surface area contributed by atoms with Gasteiger partial charge in [0.2, 0.25) is 0 Å². The van der Waals surface area contributed by atoms with E-state index in [9.17, 15) is 4.79 Å². The third-order valence-electron chi connectivity index (χ3n) is 3.73. The fourth-order valence-corrected chi connectivity index (χ4v) is 2.55. The van der Waals surface area contributed by atoms with Crippen molar-refractivity contribution in [1.82, 2.24) is 0 Å². The standard InChI is InChI=1S/C19H30O2/c1-3-5-6-7-11-15-18(12-4-2)21-19(20)16-17-13-9-8-10-14-17/h8-10,13-14,18H,3-7,11-12,15-16H2,1-2H3. The molecule has 1 atom stereocenters. The fourth-order valence-electron chi connectivity index (χ4n) is 2.55. The van der Waals surface area contributed by atoms with E-state index in [1.165, 1.54) is 32.1 Å². The molecule has 0 amide bonds. The molecule has 0 aliphatic rings. The highest BCUT2D eigenvalue weighted by molar-refractivity contribution is 5.72. The van der Waals surface area contributed by atoms with Crippen molar-refractivity contribution in [2.45, 2.75) is 77.7 Å². The zero-order chi connectivity index (χ0) is 15.3. The number of benzene rings is 1. The zero-order valence-electron chi connectivity index (χ0n) is 13.6. The summed E-state index contributed by atoms with van der Waals surface area (Å²) in [5.74, 6) is -0.0896. The number of hydrogen-bond donors (Lipinski definition) is 0. The highest BCUT2D eigenvalue weighted by atomic mass is 16.5. The summed E-state index contributed by atoms with van der Waals surface area (Å²) in [5.41, 5.74) is 1.03. The normalized spacial score (nSPS) is 12.1. The number of hydrogen-bond acceptors (Lipinski definition) is 2. The van der Waals surface area contributed by atoms with Gasteiger partial charge in [-0.05, 0) is 24.8 Å². The van der Waals surface area contributed by atoms with Crippen molar-refractivity contribution in [2.75, 3.05) is 0 Å². The van der Waals surface area contributed by atoms with E-state index in [1.807, 2.05) is 30.3 Å². The Morgan fingerprint density at radius 3 is 2.33 bits per heavy atom. The average Bonchev–Trinajstić information content (AvgIpc) is 2.48. The molecule has 21 heavy (non-hydrogen) atoms. The number of esters is 1. The second-order valence-electron chi connectivity index (χ2n) is 5.77. The molecular weight excluding hydrogens is 260 g/mol. The number of ether oxygens (including phenoxy) is 1. The second-order valence-corrected chi connectivity index (χ2v) is 5.77. The first kappa shape index (κ1) is 17.7. The average molecular weight is 290 g/mol. The van der Waals surface area contributed by atoms with Crippen LogP contribution >= 0.6 is 0 Å². The Morgan fingerprint density at radius 1 is 0.952 bits per heavy atom. The largest absolute Gasteiger partial charge is 0.462 e. The summed E-state index contributed by atoms with van der Waals surface area (Å²) >= 11 is 0. The molecule has 0 heterocycles. The molecule has 0 bridgehead atoms. The molecule has 2 nitrogen and oxygen atoms in total. The molecule has 1 unspecified atom stereocenters. The van der Waals surface area contributed by atoms with Gasteiger partial charge in [0.1, 0.15) is 6.10 Å². The second kappa shape index (κ2) is 11.4. The molecule has 0 fully saturated rings. The van der Waals surface area contributed by atoms with E-state index in [2.05, 4.69) is 13.8 Å². The quantitative estimate of drug-likeness (QED) is 0.408. The lowest BCUT2D eigenvalue weighted by atomic mass is 10.0. The maximum atomic E-state index is 12.0. The van der Waals surface area contributed by atoms with E-state index < -0.39 is 0 Å². The highest BCUT2D eigenvalue weighted by Gasteiger charge is 2.13. The molecule has 0 N–H and O–H groups in total. The highest BCUT2D eigenvalue weighted by Crippen LogP contribution is 2.14. The first-order chi connectivity index (χ1) is 10.3. The molecular formula is C19H30O2. The minimum absolute atomic E-state index is 0.0896. The van der Waals surface area contributed by atoms with Crippen LogP contribution in [0.25, 0.3) is 0 Å². The predicted octanol–water partition coefficient (Wildman–Crippen LogP) is 5.30. The Hall–Kier alpha value is -1.31. The molecule has 0 saturated carbocycles. The van der Waals surface area contributed by atoms with Crippen LogP contribution in [0.5, 0.6) is 0 Å². The van der Waals surface area contributed by atoms with Gasteiger partial charge in [-0.2, -0.15) is 0 Å². The van der Waals surface area contributed by atoms with Gasteiger partial charge in [0.15, 0.2) is 0 Å². The molecule has 1 aromatic rings. The van der Waals surface area contributed by atoms with E-state index in [0.29, 0.717) is 6.42 Å². The first-order valence-corrected chi connectivity index (χ1v) is 8.49. The third kappa shape index (κ3) is 8.54. The summed E-state index contributed by atoms with van der Waals surface area (Å²) in [6.07, 6.45) is 9.85. The van der Waals surface area contributed by atoms with Crippen molar-refractivity contribution < 1.29 is 9.53 Å². The predicted molar refractivity (Wildman–Crippen MR) is 88.3 cm³/mol.